The predicted molar refractivity (Wildman–Crippen MR) is 75.4 cm³/mol. The van der Waals surface area contributed by atoms with E-state index in [1.54, 1.807) is 11.8 Å². The van der Waals surface area contributed by atoms with Gasteiger partial charge in [0.15, 0.2) is 0 Å². The summed E-state index contributed by atoms with van der Waals surface area (Å²) in [6.45, 7) is 7.91. The quantitative estimate of drug-likeness (QED) is 0.810. The fourth-order valence-electron chi connectivity index (χ4n) is 2.61. The molecule has 2 heterocycles. The number of likely N-dealkylation sites (tertiary alicyclic amines) is 1. The number of urea groups is 1. The van der Waals surface area contributed by atoms with Gasteiger partial charge in [0.05, 0.1) is 13.2 Å². The Kier molecular flexibility index (Phi) is 5.23. The van der Waals surface area contributed by atoms with Crippen molar-refractivity contribution in [2.24, 2.45) is 5.92 Å². The van der Waals surface area contributed by atoms with Gasteiger partial charge in [-0.1, -0.05) is 6.92 Å². The van der Waals surface area contributed by atoms with Crippen molar-refractivity contribution in [3.63, 3.8) is 0 Å². The van der Waals surface area contributed by atoms with Gasteiger partial charge in [0.25, 0.3) is 0 Å². The molecule has 0 aromatic carbocycles. The van der Waals surface area contributed by atoms with Crippen LogP contribution in [0.1, 0.15) is 26.7 Å². The lowest BCUT2D eigenvalue weighted by Crippen LogP contribution is -2.54. The Bertz CT molecular complexity index is 348. The standard InChI is InChI=1S/C14H25N3O3/c1-11-3-5-17(6-4-11)14(19)15-12(2)13(18)16-7-9-20-10-8-16/h11-12H,3-10H2,1-2H3,(H,15,19). The molecule has 0 radical (unpaired) electrons. The smallest absolute Gasteiger partial charge is 0.318 e. The van der Waals surface area contributed by atoms with E-state index < -0.39 is 6.04 Å². The van der Waals surface area contributed by atoms with Gasteiger partial charge in [0.1, 0.15) is 6.04 Å². The highest BCUT2D eigenvalue weighted by Gasteiger charge is 2.26. The molecule has 20 heavy (non-hydrogen) atoms. The number of nitrogens with one attached hydrogen (secondary N) is 1. The summed E-state index contributed by atoms with van der Waals surface area (Å²) in [7, 11) is 0. The van der Waals surface area contributed by atoms with Crippen LogP contribution in [0.5, 0.6) is 0 Å². The SMILES string of the molecule is CC1CCN(C(=O)NC(C)C(=O)N2CCOCC2)CC1. The minimum Gasteiger partial charge on any atom is -0.378 e. The number of piperidine rings is 1. The largest absolute Gasteiger partial charge is 0.378 e. The highest BCUT2D eigenvalue weighted by Crippen LogP contribution is 2.15. The Morgan fingerprint density at radius 2 is 1.70 bits per heavy atom. The zero-order chi connectivity index (χ0) is 14.5. The molecular formula is C14H25N3O3. The van der Waals surface area contributed by atoms with Gasteiger partial charge in [-0.15, -0.1) is 0 Å². The van der Waals surface area contributed by atoms with Crippen LogP contribution >= 0.6 is 0 Å². The molecule has 0 aromatic heterocycles. The maximum atomic E-state index is 12.2. The Hall–Kier alpha value is -1.30. The van der Waals surface area contributed by atoms with Crippen molar-refractivity contribution in [2.45, 2.75) is 32.7 Å². The lowest BCUT2D eigenvalue weighted by molar-refractivity contribution is -0.136. The normalized spacial score (nSPS) is 22.5. The van der Waals surface area contributed by atoms with Crippen LogP contribution in [0.25, 0.3) is 0 Å². The van der Waals surface area contributed by atoms with Crippen molar-refractivity contribution in [1.82, 2.24) is 15.1 Å². The lowest BCUT2D eigenvalue weighted by Gasteiger charge is -2.33. The number of ether oxygens (including phenoxy) is 1. The third-order valence-electron chi connectivity index (χ3n) is 4.10. The van der Waals surface area contributed by atoms with Crippen LogP contribution in [0.15, 0.2) is 0 Å². The van der Waals surface area contributed by atoms with Crippen molar-refractivity contribution in [3.05, 3.63) is 0 Å². The monoisotopic (exact) mass is 283 g/mol. The molecule has 2 fully saturated rings. The summed E-state index contributed by atoms with van der Waals surface area (Å²) < 4.78 is 5.23. The number of carbonyl (C=O) groups excluding carboxylic acids is 2. The van der Waals surface area contributed by atoms with Gasteiger partial charge in [-0.2, -0.15) is 0 Å². The zero-order valence-corrected chi connectivity index (χ0v) is 12.4. The molecule has 0 spiro atoms. The molecule has 1 unspecified atom stereocenters. The fourth-order valence-corrected chi connectivity index (χ4v) is 2.61. The maximum Gasteiger partial charge on any atom is 0.318 e. The zero-order valence-electron chi connectivity index (χ0n) is 12.4. The summed E-state index contributed by atoms with van der Waals surface area (Å²) in [5.74, 6) is 0.665. The molecular weight excluding hydrogens is 258 g/mol. The summed E-state index contributed by atoms with van der Waals surface area (Å²) in [5, 5.41) is 2.82. The number of morpholine rings is 1. The van der Waals surface area contributed by atoms with Crippen LogP contribution in [0.3, 0.4) is 0 Å². The third kappa shape index (κ3) is 3.85. The number of amides is 3. The molecule has 6 heteroatoms. The molecule has 6 nitrogen and oxygen atoms in total. The molecule has 0 aliphatic carbocycles. The van der Waals surface area contributed by atoms with Crippen molar-refractivity contribution in [3.8, 4) is 0 Å². The summed E-state index contributed by atoms with van der Waals surface area (Å²) in [5.41, 5.74) is 0. The van der Waals surface area contributed by atoms with Crippen LogP contribution in [0.4, 0.5) is 4.79 Å². The summed E-state index contributed by atoms with van der Waals surface area (Å²) in [4.78, 5) is 27.9. The van der Waals surface area contributed by atoms with Gasteiger partial charge < -0.3 is 19.9 Å². The van der Waals surface area contributed by atoms with Crippen molar-refractivity contribution in [2.75, 3.05) is 39.4 Å². The van der Waals surface area contributed by atoms with Crippen molar-refractivity contribution >= 4 is 11.9 Å². The third-order valence-corrected chi connectivity index (χ3v) is 4.10. The average Bonchev–Trinajstić information content (AvgIpc) is 2.48. The Morgan fingerprint density at radius 3 is 2.30 bits per heavy atom. The highest BCUT2D eigenvalue weighted by molar-refractivity contribution is 5.86. The second kappa shape index (κ2) is 6.92. The van der Waals surface area contributed by atoms with E-state index >= 15 is 0 Å². The summed E-state index contributed by atoms with van der Waals surface area (Å²) in [6, 6.07) is -0.592. The Balaban J connectivity index is 1.79. The number of hydrogen-bond acceptors (Lipinski definition) is 3. The highest BCUT2D eigenvalue weighted by atomic mass is 16.5. The maximum absolute atomic E-state index is 12.2. The van der Waals surface area contributed by atoms with Gasteiger partial charge in [0, 0.05) is 26.2 Å². The molecule has 3 amide bonds. The number of carbonyl (C=O) groups is 2. The summed E-state index contributed by atoms with van der Waals surface area (Å²) in [6.07, 6.45) is 2.08. The number of hydrogen-bond donors (Lipinski definition) is 1. The molecule has 2 aliphatic rings. The van der Waals surface area contributed by atoms with Gasteiger partial charge in [0.2, 0.25) is 5.91 Å². The van der Waals surface area contributed by atoms with Gasteiger partial charge in [-0.3, -0.25) is 4.79 Å². The molecule has 2 saturated heterocycles. The van der Waals surface area contributed by atoms with E-state index in [9.17, 15) is 9.59 Å². The second-order valence-electron chi connectivity index (χ2n) is 5.78. The first-order valence-electron chi connectivity index (χ1n) is 7.50. The first-order chi connectivity index (χ1) is 9.58. The number of nitrogens with zero attached hydrogens (tertiary/aromatic N) is 2. The Morgan fingerprint density at radius 1 is 1.10 bits per heavy atom. The van der Waals surface area contributed by atoms with Crippen LogP contribution in [-0.4, -0.2) is 67.2 Å². The molecule has 2 aliphatic heterocycles. The molecule has 114 valence electrons. The van der Waals surface area contributed by atoms with Crippen LogP contribution in [0.2, 0.25) is 0 Å². The molecule has 1 atom stereocenters. The van der Waals surface area contributed by atoms with Gasteiger partial charge >= 0.3 is 6.03 Å². The first-order valence-corrected chi connectivity index (χ1v) is 7.50. The lowest BCUT2D eigenvalue weighted by atomic mass is 10.00. The topological polar surface area (TPSA) is 61.9 Å². The van der Waals surface area contributed by atoms with Crippen LogP contribution in [-0.2, 0) is 9.53 Å². The van der Waals surface area contributed by atoms with E-state index in [0.29, 0.717) is 32.2 Å². The Labute approximate surface area is 120 Å². The van der Waals surface area contributed by atoms with E-state index in [2.05, 4.69) is 12.2 Å². The van der Waals surface area contributed by atoms with Gasteiger partial charge in [-0.25, -0.2) is 4.79 Å². The fraction of sp³-hybridized carbons (Fsp3) is 0.857. The van der Waals surface area contributed by atoms with Crippen LogP contribution < -0.4 is 5.32 Å². The second-order valence-corrected chi connectivity index (χ2v) is 5.78. The molecule has 1 N–H and O–H groups in total. The minimum atomic E-state index is -0.472. The van der Waals surface area contributed by atoms with E-state index in [-0.39, 0.29) is 11.9 Å². The molecule has 0 saturated carbocycles. The average molecular weight is 283 g/mol. The molecule has 2 rings (SSSR count). The molecule has 0 aromatic rings. The first kappa shape index (κ1) is 15.1. The summed E-state index contributed by atoms with van der Waals surface area (Å²) >= 11 is 0. The van der Waals surface area contributed by atoms with E-state index in [4.69, 9.17) is 4.74 Å². The molecule has 0 bridgehead atoms. The minimum absolute atomic E-state index is 0.0213. The van der Waals surface area contributed by atoms with E-state index in [0.717, 1.165) is 25.9 Å². The van der Waals surface area contributed by atoms with Crippen LogP contribution in [0, 0.1) is 5.92 Å². The van der Waals surface area contributed by atoms with E-state index in [1.165, 1.54) is 0 Å². The van der Waals surface area contributed by atoms with Crippen molar-refractivity contribution in [1.29, 1.82) is 0 Å². The van der Waals surface area contributed by atoms with Crippen molar-refractivity contribution < 1.29 is 14.3 Å². The number of rotatable bonds is 2. The predicted octanol–water partition coefficient (Wildman–Crippen LogP) is 0.675. The van der Waals surface area contributed by atoms with Gasteiger partial charge in [-0.05, 0) is 25.7 Å². The van der Waals surface area contributed by atoms with E-state index in [1.807, 2.05) is 4.90 Å².